The van der Waals surface area contributed by atoms with Crippen molar-refractivity contribution in [1.29, 1.82) is 0 Å². The summed E-state index contributed by atoms with van der Waals surface area (Å²) in [7, 11) is 1.96. The molecular formula is C12H19N5. The fourth-order valence-corrected chi connectivity index (χ4v) is 1.88. The molecule has 2 rings (SSSR count). The van der Waals surface area contributed by atoms with Crippen LogP contribution >= 0.6 is 0 Å². The van der Waals surface area contributed by atoms with Crippen LogP contribution in [0.15, 0.2) is 18.3 Å². The van der Waals surface area contributed by atoms with Crippen LogP contribution in [-0.2, 0) is 13.6 Å². The zero-order valence-corrected chi connectivity index (χ0v) is 10.8. The lowest BCUT2D eigenvalue weighted by Gasteiger charge is -2.12. The first-order chi connectivity index (χ1) is 8.08. The van der Waals surface area contributed by atoms with Crippen LogP contribution in [0.5, 0.6) is 0 Å². The van der Waals surface area contributed by atoms with Gasteiger partial charge < -0.3 is 5.32 Å². The zero-order valence-electron chi connectivity index (χ0n) is 10.8. The van der Waals surface area contributed by atoms with E-state index in [0.717, 1.165) is 18.1 Å². The Morgan fingerprint density at radius 1 is 1.41 bits per heavy atom. The van der Waals surface area contributed by atoms with Crippen molar-refractivity contribution in [2.45, 2.75) is 33.4 Å². The van der Waals surface area contributed by atoms with E-state index in [1.165, 1.54) is 5.69 Å². The molecule has 0 saturated heterocycles. The van der Waals surface area contributed by atoms with Crippen molar-refractivity contribution in [2.75, 3.05) is 5.32 Å². The van der Waals surface area contributed by atoms with Crippen molar-refractivity contribution in [2.24, 2.45) is 7.05 Å². The van der Waals surface area contributed by atoms with Gasteiger partial charge in [-0.15, -0.1) is 0 Å². The number of rotatable bonds is 4. The molecule has 0 aliphatic carbocycles. The largest absolute Gasteiger partial charge is 0.365 e. The van der Waals surface area contributed by atoms with E-state index in [2.05, 4.69) is 35.4 Å². The molecule has 2 heterocycles. The van der Waals surface area contributed by atoms with E-state index >= 15 is 0 Å². The van der Waals surface area contributed by atoms with Gasteiger partial charge in [0, 0.05) is 19.2 Å². The summed E-state index contributed by atoms with van der Waals surface area (Å²) in [5.74, 6) is 1.04. The third-order valence-corrected chi connectivity index (χ3v) is 2.71. The van der Waals surface area contributed by atoms with Crippen molar-refractivity contribution in [3.8, 4) is 0 Å². The van der Waals surface area contributed by atoms with Gasteiger partial charge in [0.15, 0.2) is 0 Å². The van der Waals surface area contributed by atoms with Gasteiger partial charge in [0.1, 0.15) is 5.82 Å². The number of hydrogen-bond acceptors (Lipinski definition) is 3. The molecule has 0 bridgehead atoms. The van der Waals surface area contributed by atoms with E-state index in [1.807, 2.05) is 35.6 Å². The monoisotopic (exact) mass is 233 g/mol. The summed E-state index contributed by atoms with van der Waals surface area (Å²) in [4.78, 5) is 0. The summed E-state index contributed by atoms with van der Waals surface area (Å²) in [6.07, 6.45) is 1.82. The lowest BCUT2D eigenvalue weighted by Crippen LogP contribution is -2.11. The Labute approximate surface area is 101 Å². The second kappa shape index (κ2) is 4.61. The fourth-order valence-electron chi connectivity index (χ4n) is 1.88. The Balaban J connectivity index is 2.07. The van der Waals surface area contributed by atoms with Crippen LogP contribution in [0, 0.1) is 6.92 Å². The zero-order chi connectivity index (χ0) is 12.4. The normalized spacial score (nSPS) is 11.1. The molecule has 0 atom stereocenters. The molecule has 0 aliphatic rings. The number of hydrogen-bond donors (Lipinski definition) is 1. The minimum absolute atomic E-state index is 0.362. The van der Waals surface area contributed by atoms with Gasteiger partial charge in [-0.1, -0.05) is 0 Å². The number of anilines is 1. The minimum Gasteiger partial charge on any atom is -0.365 e. The molecule has 5 heteroatoms. The average molecular weight is 233 g/mol. The summed E-state index contributed by atoms with van der Waals surface area (Å²) >= 11 is 0. The lowest BCUT2D eigenvalue weighted by molar-refractivity contribution is 0.537. The van der Waals surface area contributed by atoms with Gasteiger partial charge in [-0.05, 0) is 26.8 Å². The molecule has 0 unspecified atom stereocenters. The highest BCUT2D eigenvalue weighted by Gasteiger charge is 2.06. The van der Waals surface area contributed by atoms with E-state index in [-0.39, 0.29) is 0 Å². The molecule has 17 heavy (non-hydrogen) atoms. The van der Waals surface area contributed by atoms with Gasteiger partial charge in [-0.3, -0.25) is 4.68 Å². The van der Waals surface area contributed by atoms with Gasteiger partial charge in [0.2, 0.25) is 0 Å². The quantitative estimate of drug-likeness (QED) is 0.880. The van der Waals surface area contributed by atoms with Crippen LogP contribution in [0.25, 0.3) is 0 Å². The smallest absolute Gasteiger partial charge is 0.124 e. The minimum atomic E-state index is 0.362. The highest BCUT2D eigenvalue weighted by atomic mass is 15.3. The Bertz CT molecular complexity index is 495. The van der Waals surface area contributed by atoms with Gasteiger partial charge in [-0.2, -0.15) is 10.2 Å². The van der Waals surface area contributed by atoms with Crippen LogP contribution < -0.4 is 5.32 Å². The molecule has 0 spiro atoms. The Kier molecular flexibility index (Phi) is 3.17. The summed E-state index contributed by atoms with van der Waals surface area (Å²) < 4.78 is 3.88. The number of aromatic nitrogens is 4. The predicted molar refractivity (Wildman–Crippen MR) is 67.9 cm³/mol. The molecule has 0 aromatic carbocycles. The van der Waals surface area contributed by atoms with E-state index in [9.17, 15) is 0 Å². The van der Waals surface area contributed by atoms with Gasteiger partial charge in [0.25, 0.3) is 0 Å². The highest BCUT2D eigenvalue weighted by Crippen LogP contribution is 2.14. The van der Waals surface area contributed by atoms with Gasteiger partial charge in [0.05, 0.1) is 24.1 Å². The number of nitrogens with one attached hydrogen (secondary N) is 1. The molecule has 5 nitrogen and oxygen atoms in total. The summed E-state index contributed by atoms with van der Waals surface area (Å²) in [5.41, 5.74) is 2.21. The molecule has 0 fully saturated rings. The second-order valence-electron chi connectivity index (χ2n) is 4.51. The molecule has 1 N–H and O–H groups in total. The van der Waals surface area contributed by atoms with Crippen molar-refractivity contribution < 1.29 is 0 Å². The van der Waals surface area contributed by atoms with E-state index in [1.54, 1.807) is 0 Å². The Morgan fingerprint density at radius 2 is 2.18 bits per heavy atom. The first-order valence-corrected chi connectivity index (χ1v) is 5.85. The third kappa shape index (κ3) is 2.49. The topological polar surface area (TPSA) is 47.7 Å². The third-order valence-electron chi connectivity index (χ3n) is 2.71. The summed E-state index contributed by atoms with van der Waals surface area (Å²) in [5, 5.41) is 12.0. The Hall–Kier alpha value is -1.78. The summed E-state index contributed by atoms with van der Waals surface area (Å²) in [6, 6.07) is 4.44. The van der Waals surface area contributed by atoms with Crippen LogP contribution in [0.4, 0.5) is 5.82 Å². The van der Waals surface area contributed by atoms with E-state index in [0.29, 0.717) is 6.04 Å². The molecule has 2 aromatic rings. The van der Waals surface area contributed by atoms with Crippen LogP contribution in [0.1, 0.15) is 31.3 Å². The maximum absolute atomic E-state index is 4.32. The molecule has 0 amide bonds. The standard InChI is InChI=1S/C12H19N5/c1-9(2)17-12(5-6-14-17)13-8-11-7-10(3)15-16(11)4/h5-7,9,13H,8H2,1-4H3. The number of aryl methyl sites for hydroxylation is 2. The van der Waals surface area contributed by atoms with Crippen molar-refractivity contribution in [1.82, 2.24) is 19.6 Å². The van der Waals surface area contributed by atoms with E-state index < -0.39 is 0 Å². The maximum Gasteiger partial charge on any atom is 0.124 e. The molecule has 0 radical (unpaired) electrons. The molecule has 2 aromatic heterocycles. The first-order valence-electron chi connectivity index (χ1n) is 5.85. The fraction of sp³-hybridized carbons (Fsp3) is 0.500. The Morgan fingerprint density at radius 3 is 2.76 bits per heavy atom. The summed E-state index contributed by atoms with van der Waals surface area (Å²) in [6.45, 7) is 7.00. The first kappa shape index (κ1) is 11.7. The maximum atomic E-state index is 4.32. The molecule has 92 valence electrons. The predicted octanol–water partition coefficient (Wildman–Crippen LogP) is 2.12. The van der Waals surface area contributed by atoms with Crippen LogP contribution in [0.2, 0.25) is 0 Å². The molecular weight excluding hydrogens is 214 g/mol. The van der Waals surface area contributed by atoms with Crippen molar-refractivity contribution in [3.05, 3.63) is 29.7 Å². The second-order valence-corrected chi connectivity index (χ2v) is 4.51. The number of nitrogens with zero attached hydrogens (tertiary/aromatic N) is 4. The molecule has 0 saturated carbocycles. The molecule has 0 aliphatic heterocycles. The van der Waals surface area contributed by atoms with Crippen molar-refractivity contribution in [3.63, 3.8) is 0 Å². The van der Waals surface area contributed by atoms with Crippen LogP contribution in [0.3, 0.4) is 0 Å². The van der Waals surface area contributed by atoms with E-state index in [4.69, 9.17) is 0 Å². The average Bonchev–Trinajstić information content (AvgIpc) is 2.82. The van der Waals surface area contributed by atoms with Gasteiger partial charge in [-0.25, -0.2) is 4.68 Å². The van der Waals surface area contributed by atoms with Crippen molar-refractivity contribution >= 4 is 5.82 Å². The van der Waals surface area contributed by atoms with Gasteiger partial charge >= 0.3 is 0 Å². The lowest BCUT2D eigenvalue weighted by atomic mass is 10.3. The van der Waals surface area contributed by atoms with Crippen LogP contribution in [-0.4, -0.2) is 19.6 Å². The highest BCUT2D eigenvalue weighted by molar-refractivity contribution is 5.35. The SMILES string of the molecule is Cc1cc(CNc2ccnn2C(C)C)n(C)n1.